The summed E-state index contributed by atoms with van der Waals surface area (Å²) in [6.45, 7) is 0.324. The molecule has 1 N–H and O–H groups in total. The molecule has 1 atom stereocenters. The number of thiazole rings is 1. The van der Waals surface area contributed by atoms with Crippen LogP contribution in [-0.2, 0) is 14.8 Å². The average molecular weight is 494 g/mol. The molecule has 3 aromatic rings. The smallest absolute Gasteiger partial charge is 0.253 e. The van der Waals surface area contributed by atoms with Crippen LogP contribution in [0.5, 0.6) is 11.5 Å². The van der Waals surface area contributed by atoms with Crippen LogP contribution in [0.15, 0.2) is 45.3 Å². The second-order valence-electron chi connectivity index (χ2n) is 7.15. The SMILES string of the molecule is COc1ccc(-c2csc(NC(=O)C3CCCCN3S(=O)(=O)c3cccs3)n2)c(OC)c1. The monoisotopic (exact) mass is 493 g/mol. The number of rotatable bonds is 7. The van der Waals surface area contributed by atoms with Crippen molar-refractivity contribution < 1.29 is 22.7 Å². The number of amides is 1. The number of thiophene rings is 1. The number of nitrogens with zero attached hydrogens (tertiary/aromatic N) is 2. The molecule has 1 unspecified atom stereocenters. The Morgan fingerprint density at radius 2 is 2.03 bits per heavy atom. The van der Waals surface area contributed by atoms with E-state index in [-0.39, 0.29) is 10.1 Å². The van der Waals surface area contributed by atoms with E-state index in [2.05, 4.69) is 10.3 Å². The maximum absolute atomic E-state index is 13.1. The first-order chi connectivity index (χ1) is 15.4. The van der Waals surface area contributed by atoms with Gasteiger partial charge < -0.3 is 14.8 Å². The summed E-state index contributed by atoms with van der Waals surface area (Å²) < 4.78 is 38.3. The number of methoxy groups -OCH3 is 2. The van der Waals surface area contributed by atoms with Crippen molar-refractivity contribution in [1.82, 2.24) is 9.29 Å². The molecule has 0 saturated carbocycles. The Hall–Kier alpha value is -2.47. The van der Waals surface area contributed by atoms with Gasteiger partial charge in [0.1, 0.15) is 21.8 Å². The molecule has 0 radical (unpaired) electrons. The van der Waals surface area contributed by atoms with Crippen molar-refractivity contribution in [2.45, 2.75) is 29.5 Å². The Labute approximate surface area is 194 Å². The van der Waals surface area contributed by atoms with Gasteiger partial charge in [-0.2, -0.15) is 4.31 Å². The Balaban J connectivity index is 1.54. The number of aromatic nitrogens is 1. The third-order valence-electron chi connectivity index (χ3n) is 5.23. The summed E-state index contributed by atoms with van der Waals surface area (Å²) in [5.41, 5.74) is 1.42. The van der Waals surface area contributed by atoms with Gasteiger partial charge in [-0.05, 0) is 36.4 Å². The van der Waals surface area contributed by atoms with Gasteiger partial charge in [0.25, 0.3) is 10.0 Å². The molecule has 2 aromatic heterocycles. The Kier molecular flexibility index (Phi) is 6.79. The number of ether oxygens (including phenoxy) is 2. The predicted molar refractivity (Wildman–Crippen MR) is 125 cm³/mol. The lowest BCUT2D eigenvalue weighted by atomic mass is 10.0. The van der Waals surface area contributed by atoms with Gasteiger partial charge in [-0.15, -0.1) is 22.7 Å². The number of nitrogens with one attached hydrogen (secondary N) is 1. The highest BCUT2D eigenvalue weighted by Gasteiger charge is 2.38. The molecule has 1 aliphatic heterocycles. The number of carbonyl (C=O) groups excluding carboxylic acids is 1. The van der Waals surface area contributed by atoms with Crippen LogP contribution in [0.3, 0.4) is 0 Å². The highest BCUT2D eigenvalue weighted by atomic mass is 32.2. The molecule has 3 heterocycles. The summed E-state index contributed by atoms with van der Waals surface area (Å²) in [4.78, 5) is 17.6. The van der Waals surface area contributed by atoms with Crippen LogP contribution in [0.4, 0.5) is 5.13 Å². The van der Waals surface area contributed by atoms with Gasteiger partial charge in [0.2, 0.25) is 5.91 Å². The van der Waals surface area contributed by atoms with Crippen molar-refractivity contribution in [2.24, 2.45) is 0 Å². The van der Waals surface area contributed by atoms with E-state index in [0.717, 1.165) is 29.7 Å². The normalized spacial score (nSPS) is 17.1. The molecule has 32 heavy (non-hydrogen) atoms. The number of benzene rings is 1. The first-order valence-electron chi connectivity index (χ1n) is 9.98. The maximum atomic E-state index is 13.1. The van der Waals surface area contributed by atoms with Crippen molar-refractivity contribution >= 4 is 43.7 Å². The van der Waals surface area contributed by atoms with Gasteiger partial charge in [0.15, 0.2) is 5.13 Å². The standard InChI is InChI=1S/C21H23N3O5S3/c1-28-14-8-9-15(18(12-14)29-2)16-13-31-21(22-16)23-20(25)17-6-3-4-10-24(17)32(26,27)19-7-5-11-30-19/h5,7-9,11-13,17H,3-4,6,10H2,1-2H3,(H,22,23,25). The zero-order valence-corrected chi connectivity index (χ0v) is 20.1. The van der Waals surface area contributed by atoms with Crippen molar-refractivity contribution in [3.8, 4) is 22.8 Å². The summed E-state index contributed by atoms with van der Waals surface area (Å²) in [6, 6.07) is 7.92. The van der Waals surface area contributed by atoms with E-state index < -0.39 is 16.1 Å². The topological polar surface area (TPSA) is 97.8 Å². The Morgan fingerprint density at radius 3 is 2.75 bits per heavy atom. The van der Waals surface area contributed by atoms with Crippen molar-refractivity contribution in [1.29, 1.82) is 0 Å². The van der Waals surface area contributed by atoms with Crippen LogP contribution in [0.25, 0.3) is 11.3 Å². The third kappa shape index (κ3) is 4.51. The molecule has 1 aliphatic rings. The van der Waals surface area contributed by atoms with E-state index in [0.29, 0.717) is 35.3 Å². The largest absolute Gasteiger partial charge is 0.497 e. The van der Waals surface area contributed by atoms with Crippen molar-refractivity contribution in [3.05, 3.63) is 41.1 Å². The summed E-state index contributed by atoms with van der Waals surface area (Å²) in [5, 5.41) is 6.75. The molecule has 1 saturated heterocycles. The Morgan fingerprint density at radius 1 is 1.19 bits per heavy atom. The number of sulfonamides is 1. The van der Waals surface area contributed by atoms with Gasteiger partial charge in [0, 0.05) is 23.6 Å². The maximum Gasteiger partial charge on any atom is 0.253 e. The summed E-state index contributed by atoms with van der Waals surface area (Å²) in [5.74, 6) is 0.902. The first kappa shape index (κ1) is 22.7. The average Bonchev–Trinajstić information content (AvgIpc) is 3.51. The van der Waals surface area contributed by atoms with Crippen LogP contribution >= 0.6 is 22.7 Å². The second kappa shape index (κ2) is 9.57. The molecule has 4 rings (SSSR count). The summed E-state index contributed by atoms with van der Waals surface area (Å²) in [7, 11) is -0.563. The van der Waals surface area contributed by atoms with Crippen molar-refractivity contribution in [2.75, 3.05) is 26.1 Å². The van der Waals surface area contributed by atoms with Gasteiger partial charge in [0.05, 0.1) is 19.9 Å². The molecule has 8 nitrogen and oxygen atoms in total. The van der Waals surface area contributed by atoms with E-state index in [1.807, 2.05) is 17.5 Å². The highest BCUT2D eigenvalue weighted by Crippen LogP contribution is 2.35. The van der Waals surface area contributed by atoms with Gasteiger partial charge in [-0.1, -0.05) is 12.5 Å². The number of piperidine rings is 1. The number of carbonyl (C=O) groups is 1. The third-order valence-corrected chi connectivity index (χ3v) is 9.27. The summed E-state index contributed by atoms with van der Waals surface area (Å²) in [6.07, 6.45) is 1.99. The minimum Gasteiger partial charge on any atom is -0.497 e. The quantitative estimate of drug-likeness (QED) is 0.533. The molecule has 0 bridgehead atoms. The summed E-state index contributed by atoms with van der Waals surface area (Å²) >= 11 is 2.43. The lowest BCUT2D eigenvalue weighted by Crippen LogP contribution is -2.49. The number of anilines is 1. The first-order valence-corrected chi connectivity index (χ1v) is 13.2. The molecule has 1 amide bonds. The molecule has 0 aliphatic carbocycles. The molecule has 170 valence electrons. The molecule has 0 spiro atoms. The fraction of sp³-hybridized carbons (Fsp3) is 0.333. The molecule has 1 fully saturated rings. The molecular weight excluding hydrogens is 470 g/mol. The second-order valence-corrected chi connectivity index (χ2v) is 11.1. The highest BCUT2D eigenvalue weighted by molar-refractivity contribution is 7.91. The minimum absolute atomic E-state index is 0.250. The van der Waals surface area contributed by atoms with Crippen LogP contribution in [0, 0.1) is 0 Å². The fourth-order valence-electron chi connectivity index (χ4n) is 3.63. The van der Waals surface area contributed by atoms with Crippen LogP contribution < -0.4 is 14.8 Å². The van der Waals surface area contributed by atoms with Crippen LogP contribution in [0.2, 0.25) is 0 Å². The zero-order chi connectivity index (χ0) is 22.7. The Bertz CT molecular complexity index is 1190. The molecule has 1 aromatic carbocycles. The number of hydrogen-bond acceptors (Lipinski definition) is 8. The molecule has 11 heteroatoms. The van der Waals surface area contributed by atoms with Gasteiger partial charge in [-0.25, -0.2) is 13.4 Å². The van der Waals surface area contributed by atoms with E-state index in [4.69, 9.17) is 9.47 Å². The lowest BCUT2D eigenvalue weighted by molar-refractivity contribution is -0.120. The fourth-order valence-corrected chi connectivity index (χ4v) is 7.12. The molecular formula is C21H23N3O5S3. The lowest BCUT2D eigenvalue weighted by Gasteiger charge is -2.32. The van der Waals surface area contributed by atoms with E-state index >= 15 is 0 Å². The van der Waals surface area contributed by atoms with Crippen LogP contribution in [0.1, 0.15) is 19.3 Å². The van der Waals surface area contributed by atoms with Crippen molar-refractivity contribution in [3.63, 3.8) is 0 Å². The van der Waals surface area contributed by atoms with Crippen LogP contribution in [-0.4, -0.2) is 50.4 Å². The number of hydrogen-bond donors (Lipinski definition) is 1. The van der Waals surface area contributed by atoms with E-state index in [1.165, 1.54) is 15.6 Å². The van der Waals surface area contributed by atoms with Gasteiger partial charge >= 0.3 is 0 Å². The minimum atomic E-state index is -3.71. The van der Waals surface area contributed by atoms with E-state index in [9.17, 15) is 13.2 Å². The van der Waals surface area contributed by atoms with Gasteiger partial charge in [-0.3, -0.25) is 4.79 Å². The van der Waals surface area contributed by atoms with E-state index in [1.54, 1.807) is 37.8 Å². The zero-order valence-electron chi connectivity index (χ0n) is 17.6. The predicted octanol–water partition coefficient (Wildman–Crippen LogP) is 4.07.